The van der Waals surface area contributed by atoms with Crippen molar-refractivity contribution in [3.63, 3.8) is 0 Å². The molecule has 0 atom stereocenters. The van der Waals surface area contributed by atoms with Crippen LogP contribution in [-0.4, -0.2) is 10.2 Å². The van der Waals surface area contributed by atoms with E-state index in [0.717, 1.165) is 47.9 Å². The maximum Gasteiger partial charge on any atom is 0.123 e. The highest BCUT2D eigenvalue weighted by atomic mass is 16.3. The van der Waals surface area contributed by atoms with Crippen molar-refractivity contribution >= 4 is 0 Å². The summed E-state index contributed by atoms with van der Waals surface area (Å²) in [5.74, 6) is 0.839. The molecule has 0 saturated heterocycles. The van der Waals surface area contributed by atoms with Crippen molar-refractivity contribution < 1.29 is 10.2 Å². The normalized spacial score (nSPS) is 12.3. The number of hydrogen-bond acceptors (Lipinski definition) is 2. The molecule has 2 nitrogen and oxygen atoms in total. The number of aromatic hydroxyl groups is 2. The van der Waals surface area contributed by atoms with Gasteiger partial charge in [0.25, 0.3) is 0 Å². The molecular formula is C33H52O2. The summed E-state index contributed by atoms with van der Waals surface area (Å²) >= 11 is 0. The van der Waals surface area contributed by atoms with E-state index in [2.05, 4.69) is 79.7 Å². The van der Waals surface area contributed by atoms with Gasteiger partial charge in [-0.15, -0.1) is 0 Å². The van der Waals surface area contributed by atoms with E-state index in [4.69, 9.17) is 0 Å². The predicted octanol–water partition coefficient (Wildman–Crippen LogP) is 9.53. The van der Waals surface area contributed by atoms with E-state index in [1.165, 1.54) is 49.7 Å². The van der Waals surface area contributed by atoms with Crippen LogP contribution < -0.4 is 0 Å². The van der Waals surface area contributed by atoms with Crippen LogP contribution in [0.1, 0.15) is 140 Å². The highest BCUT2D eigenvalue weighted by molar-refractivity contribution is 5.55. The summed E-state index contributed by atoms with van der Waals surface area (Å²) in [7, 11) is 0. The van der Waals surface area contributed by atoms with Gasteiger partial charge in [0.1, 0.15) is 11.5 Å². The van der Waals surface area contributed by atoms with Crippen molar-refractivity contribution in [2.24, 2.45) is 0 Å². The van der Waals surface area contributed by atoms with Gasteiger partial charge in [0.2, 0.25) is 0 Å². The molecule has 0 aliphatic carbocycles. The lowest BCUT2D eigenvalue weighted by Gasteiger charge is -2.26. The largest absolute Gasteiger partial charge is 0.507 e. The smallest absolute Gasteiger partial charge is 0.123 e. The fraction of sp³-hybridized carbons (Fsp3) is 0.636. The number of unbranched alkanes of at least 4 members (excludes halogenated alkanes) is 6. The Labute approximate surface area is 216 Å². The lowest BCUT2D eigenvalue weighted by Crippen LogP contribution is -2.15. The lowest BCUT2D eigenvalue weighted by atomic mass is 9.80. The molecular weight excluding hydrogens is 428 g/mol. The molecule has 196 valence electrons. The third-order valence-corrected chi connectivity index (χ3v) is 7.33. The minimum atomic E-state index is -0.141. The molecule has 0 aliphatic rings. The molecule has 0 heterocycles. The SMILES string of the molecule is CCCCCCc1ccc(C(C)(C)C)c(O)c1Cc1c(CCCCCC)ccc(C(C)(C)C)c1O. The maximum atomic E-state index is 11.5. The second-order valence-corrected chi connectivity index (χ2v) is 12.5. The van der Waals surface area contributed by atoms with Gasteiger partial charge in [-0.1, -0.05) is 118 Å². The molecule has 0 bridgehead atoms. The Bertz CT molecular complexity index is 864. The Hall–Kier alpha value is -1.96. The minimum absolute atomic E-state index is 0.141. The molecule has 0 saturated carbocycles. The molecule has 0 radical (unpaired) electrons. The van der Waals surface area contributed by atoms with Gasteiger partial charge in [-0.05, 0) is 58.8 Å². The molecule has 0 unspecified atom stereocenters. The van der Waals surface area contributed by atoms with Gasteiger partial charge < -0.3 is 10.2 Å². The van der Waals surface area contributed by atoms with Gasteiger partial charge in [0, 0.05) is 17.5 Å². The number of benzene rings is 2. The average Bonchev–Trinajstić information content (AvgIpc) is 2.76. The summed E-state index contributed by atoms with van der Waals surface area (Å²) in [4.78, 5) is 0. The van der Waals surface area contributed by atoms with Crippen LogP contribution in [0.2, 0.25) is 0 Å². The van der Waals surface area contributed by atoms with Crippen molar-refractivity contribution in [3.05, 3.63) is 57.6 Å². The van der Waals surface area contributed by atoms with Crippen LogP contribution in [0.25, 0.3) is 0 Å². The van der Waals surface area contributed by atoms with Gasteiger partial charge in [0.15, 0.2) is 0 Å². The Kier molecular flexibility index (Phi) is 10.7. The number of hydrogen-bond donors (Lipinski definition) is 2. The quantitative estimate of drug-likeness (QED) is 0.297. The van der Waals surface area contributed by atoms with Crippen molar-refractivity contribution in [2.45, 2.75) is 137 Å². The first-order valence-corrected chi connectivity index (χ1v) is 14.1. The van der Waals surface area contributed by atoms with E-state index in [0.29, 0.717) is 17.9 Å². The first kappa shape index (κ1) is 29.3. The van der Waals surface area contributed by atoms with E-state index in [9.17, 15) is 10.2 Å². The fourth-order valence-electron chi connectivity index (χ4n) is 5.09. The Morgan fingerprint density at radius 1 is 0.543 bits per heavy atom. The first-order valence-electron chi connectivity index (χ1n) is 14.1. The second kappa shape index (κ2) is 12.8. The molecule has 2 aromatic rings. The van der Waals surface area contributed by atoms with E-state index < -0.39 is 0 Å². The maximum absolute atomic E-state index is 11.5. The van der Waals surface area contributed by atoms with Crippen molar-refractivity contribution in [2.75, 3.05) is 0 Å². The molecule has 35 heavy (non-hydrogen) atoms. The monoisotopic (exact) mass is 480 g/mol. The van der Waals surface area contributed by atoms with Crippen molar-refractivity contribution in [1.29, 1.82) is 0 Å². The third-order valence-electron chi connectivity index (χ3n) is 7.33. The van der Waals surface area contributed by atoms with E-state index in [-0.39, 0.29) is 10.8 Å². The van der Waals surface area contributed by atoms with E-state index in [1.807, 2.05) is 0 Å². The Morgan fingerprint density at radius 3 is 1.23 bits per heavy atom. The third kappa shape index (κ3) is 8.02. The Balaban J connectivity index is 2.58. The number of rotatable bonds is 12. The molecule has 0 spiro atoms. The highest BCUT2D eigenvalue weighted by Gasteiger charge is 2.26. The minimum Gasteiger partial charge on any atom is -0.507 e. The summed E-state index contributed by atoms with van der Waals surface area (Å²) in [6.07, 6.45) is 12.1. The summed E-state index contributed by atoms with van der Waals surface area (Å²) in [5.41, 5.74) is 6.15. The Morgan fingerprint density at radius 2 is 0.914 bits per heavy atom. The molecule has 2 heteroatoms. The van der Waals surface area contributed by atoms with Gasteiger partial charge in [-0.2, -0.15) is 0 Å². The van der Waals surface area contributed by atoms with Crippen LogP contribution in [-0.2, 0) is 30.1 Å². The van der Waals surface area contributed by atoms with E-state index in [1.54, 1.807) is 0 Å². The standard InChI is InChI=1S/C33H52O2/c1-9-11-13-15-17-24-19-21-28(32(3,4)5)30(34)26(24)23-27-25(18-16-14-12-10-2)20-22-29(31(27)35)33(6,7)8/h19-22,34-35H,9-18,23H2,1-8H3. The zero-order valence-electron chi connectivity index (χ0n) is 24.0. The van der Waals surface area contributed by atoms with Crippen LogP contribution in [0.4, 0.5) is 0 Å². The summed E-state index contributed by atoms with van der Waals surface area (Å²) in [5, 5.41) is 23.1. The molecule has 0 fully saturated rings. The lowest BCUT2D eigenvalue weighted by molar-refractivity contribution is 0.434. The molecule has 2 N–H and O–H groups in total. The summed E-state index contributed by atoms with van der Waals surface area (Å²) in [6, 6.07) is 8.69. The van der Waals surface area contributed by atoms with Gasteiger partial charge in [-0.25, -0.2) is 0 Å². The summed E-state index contributed by atoms with van der Waals surface area (Å²) < 4.78 is 0. The molecule has 2 aromatic carbocycles. The van der Waals surface area contributed by atoms with Crippen LogP contribution in [0.5, 0.6) is 11.5 Å². The van der Waals surface area contributed by atoms with Crippen molar-refractivity contribution in [1.82, 2.24) is 0 Å². The highest BCUT2D eigenvalue weighted by Crippen LogP contribution is 2.41. The second-order valence-electron chi connectivity index (χ2n) is 12.5. The number of aryl methyl sites for hydroxylation is 2. The van der Waals surface area contributed by atoms with Gasteiger partial charge in [0.05, 0.1) is 0 Å². The van der Waals surface area contributed by atoms with Crippen LogP contribution in [0.3, 0.4) is 0 Å². The van der Waals surface area contributed by atoms with Crippen LogP contribution in [0.15, 0.2) is 24.3 Å². The molecule has 0 aliphatic heterocycles. The molecule has 0 aromatic heterocycles. The van der Waals surface area contributed by atoms with E-state index >= 15 is 0 Å². The number of phenols is 2. The van der Waals surface area contributed by atoms with Crippen LogP contribution >= 0.6 is 0 Å². The van der Waals surface area contributed by atoms with Gasteiger partial charge >= 0.3 is 0 Å². The first-order chi connectivity index (χ1) is 16.4. The van der Waals surface area contributed by atoms with Gasteiger partial charge in [-0.3, -0.25) is 0 Å². The summed E-state index contributed by atoms with van der Waals surface area (Å²) in [6.45, 7) is 17.4. The fourth-order valence-corrected chi connectivity index (χ4v) is 5.09. The van der Waals surface area contributed by atoms with Crippen molar-refractivity contribution in [3.8, 4) is 11.5 Å². The molecule has 2 rings (SSSR count). The zero-order valence-corrected chi connectivity index (χ0v) is 24.0. The van der Waals surface area contributed by atoms with Crippen LogP contribution in [0, 0.1) is 0 Å². The zero-order chi connectivity index (χ0) is 26.2. The number of phenolic OH excluding ortho intramolecular Hbond substituents is 2. The molecule has 0 amide bonds. The topological polar surface area (TPSA) is 40.5 Å². The average molecular weight is 481 g/mol. The predicted molar refractivity (Wildman–Crippen MR) is 152 cm³/mol.